The van der Waals surface area contributed by atoms with Gasteiger partial charge in [-0.2, -0.15) is 0 Å². The van der Waals surface area contributed by atoms with Crippen molar-refractivity contribution in [1.82, 2.24) is 0 Å². The van der Waals surface area contributed by atoms with E-state index < -0.39 is 0 Å². The fourth-order valence-corrected chi connectivity index (χ4v) is 1.02. The topological polar surface area (TPSA) is 0 Å². The van der Waals surface area contributed by atoms with E-state index in [-0.39, 0.29) is 0 Å². The van der Waals surface area contributed by atoms with Crippen molar-refractivity contribution in [2.24, 2.45) is 5.92 Å². The zero-order valence-corrected chi connectivity index (χ0v) is 7.57. The van der Waals surface area contributed by atoms with E-state index in [0.717, 1.165) is 0 Å². The summed E-state index contributed by atoms with van der Waals surface area (Å²) in [5.41, 5.74) is 4.60. The molecule has 0 radical (unpaired) electrons. The van der Waals surface area contributed by atoms with Gasteiger partial charge in [-0.1, -0.05) is 20.3 Å². The highest BCUT2D eigenvalue weighted by Gasteiger charge is 1.99. The van der Waals surface area contributed by atoms with Gasteiger partial charge >= 0.3 is 0 Å². The highest BCUT2D eigenvalue weighted by atomic mass is 14.0. The molecular weight excluding hydrogens is 120 g/mol. The van der Waals surface area contributed by atoms with Gasteiger partial charge in [0.25, 0.3) is 0 Å². The van der Waals surface area contributed by atoms with Crippen LogP contribution in [0.2, 0.25) is 0 Å². The van der Waals surface area contributed by atoms with E-state index in [1.165, 1.54) is 18.4 Å². The Labute approximate surface area is 64.6 Å². The zero-order chi connectivity index (χ0) is 7.98. The third-order valence-electron chi connectivity index (χ3n) is 1.83. The standard InChI is InChI=1S/C10H18/c1-5-7-9(3)10(4)8-6-2/h5,10H,6,8H2,1-4H3. The summed E-state index contributed by atoms with van der Waals surface area (Å²) in [6.07, 6.45) is 4.54. The molecule has 0 heterocycles. The van der Waals surface area contributed by atoms with E-state index in [2.05, 4.69) is 26.5 Å². The van der Waals surface area contributed by atoms with Crippen LogP contribution in [0.3, 0.4) is 0 Å². The van der Waals surface area contributed by atoms with Crippen molar-refractivity contribution in [1.29, 1.82) is 0 Å². The number of hydrogen-bond acceptors (Lipinski definition) is 0. The molecule has 0 aromatic heterocycles. The maximum atomic E-state index is 3.22. The van der Waals surface area contributed by atoms with E-state index >= 15 is 0 Å². The highest BCUT2D eigenvalue weighted by Crippen LogP contribution is 2.13. The van der Waals surface area contributed by atoms with Gasteiger partial charge in [0, 0.05) is 0 Å². The Kier molecular flexibility index (Phi) is 5.06. The van der Waals surface area contributed by atoms with Gasteiger partial charge in [0.05, 0.1) is 0 Å². The Morgan fingerprint density at radius 2 is 2.20 bits per heavy atom. The molecule has 58 valence electrons. The third kappa shape index (κ3) is 3.53. The van der Waals surface area contributed by atoms with Crippen LogP contribution in [0.1, 0.15) is 40.5 Å². The maximum Gasteiger partial charge on any atom is -0.0159 e. The Balaban J connectivity index is 3.94. The van der Waals surface area contributed by atoms with Gasteiger partial charge in [-0.15, -0.1) is 5.73 Å². The first-order chi connectivity index (χ1) is 4.72. The van der Waals surface area contributed by atoms with Gasteiger partial charge in [0.1, 0.15) is 0 Å². The molecule has 0 fully saturated rings. The molecule has 0 aliphatic rings. The molecule has 0 nitrogen and oxygen atoms in total. The summed E-state index contributed by atoms with van der Waals surface area (Å²) >= 11 is 0. The van der Waals surface area contributed by atoms with E-state index in [4.69, 9.17) is 0 Å². The molecule has 0 amide bonds. The molecule has 0 saturated heterocycles. The summed E-state index contributed by atoms with van der Waals surface area (Å²) in [6, 6.07) is 0. The molecule has 0 N–H and O–H groups in total. The van der Waals surface area contributed by atoms with Gasteiger partial charge in [-0.3, -0.25) is 0 Å². The Morgan fingerprint density at radius 3 is 2.60 bits per heavy atom. The zero-order valence-electron chi connectivity index (χ0n) is 7.57. The molecule has 0 bridgehead atoms. The molecule has 0 spiro atoms. The predicted octanol–water partition coefficient (Wildman–Crippen LogP) is 3.54. The molecule has 0 aromatic carbocycles. The summed E-state index contributed by atoms with van der Waals surface area (Å²) in [6.45, 7) is 8.65. The first-order valence-electron chi connectivity index (χ1n) is 4.10. The van der Waals surface area contributed by atoms with Crippen molar-refractivity contribution in [2.75, 3.05) is 0 Å². The minimum absolute atomic E-state index is 0.709. The quantitative estimate of drug-likeness (QED) is 0.523. The van der Waals surface area contributed by atoms with E-state index in [9.17, 15) is 0 Å². The fourth-order valence-electron chi connectivity index (χ4n) is 1.02. The Morgan fingerprint density at radius 1 is 1.60 bits per heavy atom. The number of allylic oxidation sites excluding steroid dienone is 1. The maximum absolute atomic E-state index is 3.22. The molecule has 0 aliphatic heterocycles. The van der Waals surface area contributed by atoms with Gasteiger partial charge < -0.3 is 0 Å². The molecule has 10 heavy (non-hydrogen) atoms. The van der Waals surface area contributed by atoms with E-state index in [0.29, 0.717) is 5.92 Å². The smallest absolute Gasteiger partial charge is 0.0159 e. The van der Waals surface area contributed by atoms with Crippen LogP contribution in [0.15, 0.2) is 17.4 Å². The van der Waals surface area contributed by atoms with Gasteiger partial charge in [-0.25, -0.2) is 0 Å². The van der Waals surface area contributed by atoms with Crippen molar-refractivity contribution in [3.63, 3.8) is 0 Å². The first kappa shape index (κ1) is 9.52. The second-order valence-corrected chi connectivity index (χ2v) is 2.81. The SMILES string of the molecule is CC=C=C(C)C(C)CCC. The van der Waals surface area contributed by atoms with Crippen molar-refractivity contribution < 1.29 is 0 Å². The summed E-state index contributed by atoms with van der Waals surface area (Å²) in [5.74, 6) is 0.709. The minimum atomic E-state index is 0.709. The average molecular weight is 138 g/mol. The molecule has 0 aromatic rings. The number of rotatable bonds is 3. The van der Waals surface area contributed by atoms with Gasteiger partial charge in [-0.05, 0) is 37.8 Å². The van der Waals surface area contributed by atoms with Crippen molar-refractivity contribution in [2.45, 2.75) is 40.5 Å². The van der Waals surface area contributed by atoms with E-state index in [1.54, 1.807) is 0 Å². The lowest BCUT2D eigenvalue weighted by molar-refractivity contribution is 0.602. The Bertz CT molecular complexity index is 136. The molecule has 0 heteroatoms. The van der Waals surface area contributed by atoms with Crippen LogP contribution in [0.5, 0.6) is 0 Å². The molecule has 1 atom stereocenters. The van der Waals surface area contributed by atoms with Crippen molar-refractivity contribution in [3.8, 4) is 0 Å². The minimum Gasteiger partial charge on any atom is -0.126 e. The predicted molar refractivity (Wildman–Crippen MR) is 47.0 cm³/mol. The van der Waals surface area contributed by atoms with Crippen LogP contribution in [0, 0.1) is 5.92 Å². The van der Waals surface area contributed by atoms with Crippen molar-refractivity contribution >= 4 is 0 Å². The lowest BCUT2D eigenvalue weighted by Crippen LogP contribution is -1.93. The monoisotopic (exact) mass is 138 g/mol. The molecule has 1 unspecified atom stereocenters. The van der Waals surface area contributed by atoms with Gasteiger partial charge in [0.15, 0.2) is 0 Å². The lowest BCUT2D eigenvalue weighted by Gasteiger charge is -2.06. The average Bonchev–Trinajstić information content (AvgIpc) is 1.89. The van der Waals surface area contributed by atoms with Gasteiger partial charge in [0.2, 0.25) is 0 Å². The largest absolute Gasteiger partial charge is 0.126 e. The molecule has 0 saturated carbocycles. The fraction of sp³-hybridized carbons (Fsp3) is 0.700. The van der Waals surface area contributed by atoms with Crippen LogP contribution in [0.4, 0.5) is 0 Å². The van der Waals surface area contributed by atoms with Crippen molar-refractivity contribution in [3.05, 3.63) is 17.4 Å². The molecule has 0 rings (SSSR count). The molecular formula is C10H18. The second-order valence-electron chi connectivity index (χ2n) is 2.81. The summed E-state index contributed by atoms with van der Waals surface area (Å²) in [4.78, 5) is 0. The first-order valence-corrected chi connectivity index (χ1v) is 4.10. The summed E-state index contributed by atoms with van der Waals surface area (Å²) < 4.78 is 0. The lowest BCUT2D eigenvalue weighted by atomic mass is 9.99. The second kappa shape index (κ2) is 5.32. The highest BCUT2D eigenvalue weighted by molar-refractivity contribution is 5.00. The van der Waals surface area contributed by atoms with Crippen LogP contribution in [-0.2, 0) is 0 Å². The molecule has 0 aliphatic carbocycles. The van der Waals surface area contributed by atoms with Crippen LogP contribution in [0.25, 0.3) is 0 Å². The van der Waals surface area contributed by atoms with Crippen LogP contribution < -0.4 is 0 Å². The number of hydrogen-bond donors (Lipinski definition) is 0. The summed E-state index contributed by atoms with van der Waals surface area (Å²) in [5, 5.41) is 0. The normalized spacial score (nSPS) is 12.0. The van der Waals surface area contributed by atoms with E-state index in [1.807, 2.05) is 13.0 Å². The van der Waals surface area contributed by atoms with Crippen LogP contribution >= 0.6 is 0 Å². The summed E-state index contributed by atoms with van der Waals surface area (Å²) in [7, 11) is 0. The third-order valence-corrected chi connectivity index (χ3v) is 1.83. The Hall–Kier alpha value is -0.480. The van der Waals surface area contributed by atoms with Crippen LogP contribution in [-0.4, -0.2) is 0 Å².